The number of carbonyl (C=O) groups excluding carboxylic acids is 1. The molecule has 1 N–H and O–H groups in total. The van der Waals surface area contributed by atoms with Crippen molar-refractivity contribution in [1.82, 2.24) is 10.2 Å². The van der Waals surface area contributed by atoms with Crippen molar-refractivity contribution in [2.24, 2.45) is 0 Å². The molecule has 0 aliphatic rings. The van der Waals surface area contributed by atoms with E-state index in [1.54, 1.807) is 12.1 Å². The van der Waals surface area contributed by atoms with Crippen molar-refractivity contribution in [3.8, 4) is 5.75 Å². The molecule has 0 aromatic heterocycles. The summed E-state index contributed by atoms with van der Waals surface area (Å²) in [5.74, 6) is 0.578. The van der Waals surface area contributed by atoms with E-state index in [4.69, 9.17) is 4.74 Å². The monoisotopic (exact) mass is 374 g/mol. The van der Waals surface area contributed by atoms with E-state index in [9.17, 15) is 4.79 Å². The van der Waals surface area contributed by atoms with Gasteiger partial charge >= 0.3 is 0 Å². The van der Waals surface area contributed by atoms with E-state index in [-0.39, 0.29) is 5.91 Å². The van der Waals surface area contributed by atoms with Crippen LogP contribution in [0.1, 0.15) is 27.0 Å². The Bertz CT molecular complexity index is 907. The smallest absolute Gasteiger partial charge is 0.251 e. The van der Waals surface area contributed by atoms with Crippen molar-refractivity contribution >= 4 is 5.91 Å². The maximum Gasteiger partial charge on any atom is 0.251 e. The van der Waals surface area contributed by atoms with E-state index < -0.39 is 0 Å². The van der Waals surface area contributed by atoms with Gasteiger partial charge in [-0.1, -0.05) is 60.7 Å². The molecule has 28 heavy (non-hydrogen) atoms. The molecule has 0 saturated heterocycles. The Morgan fingerprint density at radius 3 is 2.36 bits per heavy atom. The fourth-order valence-electron chi connectivity index (χ4n) is 2.97. The number of hydrogen-bond acceptors (Lipinski definition) is 3. The van der Waals surface area contributed by atoms with Gasteiger partial charge in [-0.3, -0.25) is 4.79 Å². The number of hydrogen-bond donors (Lipinski definition) is 1. The maximum atomic E-state index is 12.6. The zero-order chi connectivity index (χ0) is 19.8. The lowest BCUT2D eigenvalue weighted by Gasteiger charge is -2.15. The van der Waals surface area contributed by atoms with Gasteiger partial charge in [0.2, 0.25) is 0 Å². The highest BCUT2D eigenvalue weighted by Crippen LogP contribution is 2.16. The maximum absolute atomic E-state index is 12.6. The van der Waals surface area contributed by atoms with Crippen LogP contribution in [0.15, 0.2) is 78.9 Å². The second-order valence-electron chi connectivity index (χ2n) is 6.99. The Labute approximate surface area is 166 Å². The molecule has 0 bridgehead atoms. The van der Waals surface area contributed by atoms with Crippen molar-refractivity contribution in [3.05, 3.63) is 101 Å². The van der Waals surface area contributed by atoms with Crippen molar-refractivity contribution in [3.63, 3.8) is 0 Å². The van der Waals surface area contributed by atoms with Crippen molar-refractivity contribution in [2.75, 3.05) is 14.1 Å². The van der Waals surface area contributed by atoms with Crippen LogP contribution in [0.25, 0.3) is 0 Å². The molecule has 4 heteroatoms. The van der Waals surface area contributed by atoms with Gasteiger partial charge in [0, 0.05) is 18.7 Å². The molecule has 0 saturated carbocycles. The molecule has 144 valence electrons. The third-order valence-corrected chi connectivity index (χ3v) is 4.39. The summed E-state index contributed by atoms with van der Waals surface area (Å²) in [6.07, 6.45) is 0. The Hall–Kier alpha value is -3.11. The Morgan fingerprint density at radius 1 is 0.893 bits per heavy atom. The number of amides is 1. The summed E-state index contributed by atoms with van der Waals surface area (Å²) in [6.45, 7) is 1.82. The number of benzene rings is 3. The predicted octanol–water partition coefficient (Wildman–Crippen LogP) is 4.26. The van der Waals surface area contributed by atoms with Crippen LogP contribution in [-0.2, 0) is 19.7 Å². The lowest BCUT2D eigenvalue weighted by molar-refractivity contribution is 0.0950. The van der Waals surface area contributed by atoms with Gasteiger partial charge in [-0.15, -0.1) is 0 Å². The van der Waals surface area contributed by atoms with Crippen LogP contribution in [-0.4, -0.2) is 24.9 Å². The third kappa shape index (κ3) is 5.69. The molecule has 0 unspecified atom stereocenters. The molecule has 0 atom stereocenters. The highest BCUT2D eigenvalue weighted by molar-refractivity contribution is 5.94. The topological polar surface area (TPSA) is 41.6 Å². The molecule has 3 aromatic rings. The number of nitrogens with one attached hydrogen (secondary N) is 1. The largest absolute Gasteiger partial charge is 0.489 e. The minimum absolute atomic E-state index is 0.107. The minimum Gasteiger partial charge on any atom is -0.489 e. The van der Waals surface area contributed by atoms with Crippen LogP contribution in [0.5, 0.6) is 5.75 Å². The molecular formula is C24H26N2O2. The third-order valence-electron chi connectivity index (χ3n) is 4.39. The lowest BCUT2D eigenvalue weighted by atomic mass is 10.1. The van der Waals surface area contributed by atoms with Crippen LogP contribution >= 0.6 is 0 Å². The lowest BCUT2D eigenvalue weighted by Crippen LogP contribution is -2.24. The second-order valence-corrected chi connectivity index (χ2v) is 6.99. The Kier molecular flexibility index (Phi) is 6.82. The first-order valence-electron chi connectivity index (χ1n) is 9.38. The molecule has 0 spiro atoms. The van der Waals surface area contributed by atoms with Gasteiger partial charge < -0.3 is 15.0 Å². The van der Waals surface area contributed by atoms with E-state index in [1.165, 1.54) is 5.56 Å². The first kappa shape index (κ1) is 19.6. The summed E-state index contributed by atoms with van der Waals surface area (Å²) in [5, 5.41) is 3.02. The van der Waals surface area contributed by atoms with E-state index in [0.29, 0.717) is 24.5 Å². The first-order chi connectivity index (χ1) is 13.6. The standard InChI is InChI=1S/C24H26N2O2/c1-26(2)17-22-12-7-6-11-21(22)16-25-24(27)20-13-8-14-23(15-20)28-18-19-9-4-3-5-10-19/h3-15H,16-18H2,1-2H3,(H,25,27). The SMILES string of the molecule is CN(C)Cc1ccccc1CNC(=O)c1cccc(OCc2ccccc2)c1. The predicted molar refractivity (Wildman–Crippen MR) is 112 cm³/mol. The number of rotatable bonds is 8. The number of ether oxygens (including phenoxy) is 1. The van der Waals surface area contributed by atoms with Crippen LogP contribution in [0.4, 0.5) is 0 Å². The van der Waals surface area contributed by atoms with E-state index >= 15 is 0 Å². The van der Waals surface area contributed by atoms with Crippen molar-refractivity contribution < 1.29 is 9.53 Å². The number of carbonyl (C=O) groups is 1. The summed E-state index contributed by atoms with van der Waals surface area (Å²) >= 11 is 0. The fraction of sp³-hybridized carbons (Fsp3) is 0.208. The average Bonchev–Trinajstić information content (AvgIpc) is 2.72. The average molecular weight is 374 g/mol. The van der Waals surface area contributed by atoms with Gasteiger partial charge in [0.1, 0.15) is 12.4 Å². The van der Waals surface area contributed by atoms with Gasteiger partial charge in [-0.05, 0) is 49.0 Å². The summed E-state index contributed by atoms with van der Waals surface area (Å²) in [6, 6.07) is 25.4. The van der Waals surface area contributed by atoms with Crippen LogP contribution in [0.2, 0.25) is 0 Å². The summed E-state index contributed by atoms with van der Waals surface area (Å²) in [4.78, 5) is 14.7. The molecule has 3 rings (SSSR count). The molecule has 1 amide bonds. The summed E-state index contributed by atoms with van der Waals surface area (Å²) < 4.78 is 5.82. The Balaban J connectivity index is 1.60. The molecule has 0 heterocycles. The molecule has 0 radical (unpaired) electrons. The quantitative estimate of drug-likeness (QED) is 0.641. The second kappa shape index (κ2) is 9.72. The van der Waals surface area contributed by atoms with Gasteiger partial charge in [-0.25, -0.2) is 0 Å². The summed E-state index contributed by atoms with van der Waals surface area (Å²) in [5.41, 5.74) is 4.03. The number of nitrogens with zero attached hydrogens (tertiary/aromatic N) is 1. The van der Waals surface area contributed by atoms with Crippen molar-refractivity contribution in [1.29, 1.82) is 0 Å². The van der Waals surface area contributed by atoms with Crippen LogP contribution in [0, 0.1) is 0 Å². The van der Waals surface area contributed by atoms with Gasteiger partial charge in [-0.2, -0.15) is 0 Å². The van der Waals surface area contributed by atoms with Crippen LogP contribution in [0.3, 0.4) is 0 Å². The molecule has 0 aliphatic carbocycles. The molecular weight excluding hydrogens is 348 g/mol. The van der Waals surface area contributed by atoms with Gasteiger partial charge in [0.05, 0.1) is 0 Å². The molecule has 0 aliphatic heterocycles. The molecule has 3 aromatic carbocycles. The van der Waals surface area contributed by atoms with Gasteiger partial charge in [0.15, 0.2) is 0 Å². The zero-order valence-electron chi connectivity index (χ0n) is 16.4. The van der Waals surface area contributed by atoms with Gasteiger partial charge in [0.25, 0.3) is 5.91 Å². The van der Waals surface area contributed by atoms with E-state index in [0.717, 1.165) is 17.7 Å². The summed E-state index contributed by atoms with van der Waals surface area (Å²) in [7, 11) is 4.08. The van der Waals surface area contributed by atoms with Crippen LogP contribution < -0.4 is 10.1 Å². The Morgan fingerprint density at radius 2 is 1.61 bits per heavy atom. The molecule has 0 fully saturated rings. The fourth-order valence-corrected chi connectivity index (χ4v) is 2.97. The zero-order valence-corrected chi connectivity index (χ0v) is 16.4. The first-order valence-corrected chi connectivity index (χ1v) is 9.38. The van der Waals surface area contributed by atoms with E-state index in [2.05, 4.69) is 22.3 Å². The normalized spacial score (nSPS) is 10.7. The van der Waals surface area contributed by atoms with Crippen molar-refractivity contribution in [2.45, 2.75) is 19.7 Å². The highest BCUT2D eigenvalue weighted by atomic mass is 16.5. The van der Waals surface area contributed by atoms with E-state index in [1.807, 2.05) is 68.7 Å². The molecule has 4 nitrogen and oxygen atoms in total. The highest BCUT2D eigenvalue weighted by Gasteiger charge is 2.09. The minimum atomic E-state index is -0.107.